The Hall–Kier alpha value is -8.32. The molecule has 2 aromatic heterocycles. The number of hydrogen-bond acceptors (Lipinski definition) is 5. The van der Waals surface area contributed by atoms with Gasteiger partial charge in [0.15, 0.2) is 17.3 Å². The minimum atomic E-state index is 0.0219. The fraction of sp³-hybridized carbons (Fsp3) is 0.0370. The van der Waals surface area contributed by atoms with Crippen LogP contribution in [0.4, 0.5) is 5.69 Å². The first-order chi connectivity index (χ1) is 29.6. The Labute approximate surface area is 347 Å². The van der Waals surface area contributed by atoms with Gasteiger partial charge < -0.3 is 0 Å². The molecule has 60 heavy (non-hydrogen) atoms. The average molecular weight is 765 g/mol. The summed E-state index contributed by atoms with van der Waals surface area (Å²) in [5.41, 5.74) is 18.0. The standard InChI is InChI=1S/C54H32N6/c1-56-40-24-20-37(21-25-40)50-31-48(35-12-6-3-7-13-35)58-54(60-50)39-23-27-44-46(29-39)52-42-15-9-8-14-41(42)51(44)45-28-38(22-26-43(45)52)53-57-47(34-10-4-2-5-11-34)30-49(59-53)36-18-16-33(32-55)17-19-36/h2-31,51-52H/t51?,52-/m1/s1. The van der Waals surface area contributed by atoms with Gasteiger partial charge in [-0.25, -0.2) is 24.8 Å². The molecule has 12 rings (SSSR count). The lowest BCUT2D eigenvalue weighted by Crippen LogP contribution is -2.27. The molecule has 0 radical (unpaired) electrons. The van der Waals surface area contributed by atoms with Crippen LogP contribution in [0.5, 0.6) is 0 Å². The molecular weight excluding hydrogens is 733 g/mol. The number of aromatic nitrogens is 4. The second-order valence-corrected chi connectivity index (χ2v) is 15.2. The van der Waals surface area contributed by atoms with Crippen LogP contribution in [0.15, 0.2) is 182 Å². The third kappa shape index (κ3) is 5.95. The summed E-state index contributed by atoms with van der Waals surface area (Å²) in [5.74, 6) is 1.35. The molecule has 7 aromatic carbocycles. The van der Waals surface area contributed by atoms with E-state index in [1.165, 1.54) is 33.4 Å². The monoisotopic (exact) mass is 764 g/mol. The van der Waals surface area contributed by atoms with E-state index in [2.05, 4.69) is 95.8 Å². The van der Waals surface area contributed by atoms with E-state index in [9.17, 15) is 5.26 Å². The van der Waals surface area contributed by atoms with E-state index < -0.39 is 0 Å². The Morgan fingerprint density at radius 3 is 1.17 bits per heavy atom. The molecule has 6 nitrogen and oxygen atoms in total. The van der Waals surface area contributed by atoms with Crippen molar-refractivity contribution in [1.29, 1.82) is 5.26 Å². The number of rotatable bonds is 6. The van der Waals surface area contributed by atoms with Gasteiger partial charge in [0.2, 0.25) is 0 Å². The lowest BCUT2D eigenvalue weighted by molar-refractivity contribution is 0.754. The first-order valence-electron chi connectivity index (χ1n) is 19.9. The normalized spacial score (nSPS) is 14.3. The van der Waals surface area contributed by atoms with Gasteiger partial charge in [0.1, 0.15) is 0 Å². The molecule has 0 amide bonds. The molecule has 3 aliphatic rings. The summed E-state index contributed by atoms with van der Waals surface area (Å²) in [6.45, 7) is 7.44. The molecule has 2 heterocycles. The fourth-order valence-electron chi connectivity index (χ4n) is 8.88. The summed E-state index contributed by atoms with van der Waals surface area (Å²) >= 11 is 0. The fourth-order valence-corrected chi connectivity index (χ4v) is 8.88. The van der Waals surface area contributed by atoms with Gasteiger partial charge in [-0.05, 0) is 75.3 Å². The van der Waals surface area contributed by atoms with Crippen LogP contribution in [0, 0.1) is 17.9 Å². The Balaban J connectivity index is 1.03. The van der Waals surface area contributed by atoms with Gasteiger partial charge in [-0.3, -0.25) is 0 Å². The van der Waals surface area contributed by atoms with Crippen LogP contribution in [0.1, 0.15) is 50.8 Å². The van der Waals surface area contributed by atoms with E-state index in [1.54, 1.807) is 0 Å². The van der Waals surface area contributed by atoms with Crippen molar-refractivity contribution in [1.82, 2.24) is 19.9 Å². The highest BCUT2D eigenvalue weighted by Crippen LogP contribution is 2.56. The second-order valence-electron chi connectivity index (χ2n) is 15.2. The Bertz CT molecular complexity index is 3000. The number of nitriles is 1. The van der Waals surface area contributed by atoms with Gasteiger partial charge in [0.05, 0.1) is 41.0 Å². The Morgan fingerprint density at radius 1 is 0.383 bits per heavy atom. The molecular formula is C54H32N6. The molecule has 0 fully saturated rings. The van der Waals surface area contributed by atoms with Gasteiger partial charge in [0, 0.05) is 39.7 Å². The molecule has 0 N–H and O–H groups in total. The third-order valence-corrected chi connectivity index (χ3v) is 11.7. The predicted molar refractivity (Wildman–Crippen MR) is 236 cm³/mol. The summed E-state index contributed by atoms with van der Waals surface area (Å²) in [7, 11) is 0. The van der Waals surface area contributed by atoms with Crippen LogP contribution in [0.3, 0.4) is 0 Å². The van der Waals surface area contributed by atoms with Crippen molar-refractivity contribution in [3.63, 3.8) is 0 Å². The maximum absolute atomic E-state index is 9.44. The number of benzene rings is 7. The number of hydrogen-bond donors (Lipinski definition) is 0. The van der Waals surface area contributed by atoms with Crippen molar-refractivity contribution in [3.8, 4) is 73.9 Å². The first kappa shape index (κ1) is 34.9. The summed E-state index contributed by atoms with van der Waals surface area (Å²) in [6.07, 6.45) is 0. The van der Waals surface area contributed by atoms with Crippen molar-refractivity contribution in [3.05, 3.63) is 232 Å². The molecule has 6 heteroatoms. The van der Waals surface area contributed by atoms with Crippen molar-refractivity contribution >= 4 is 5.69 Å². The zero-order valence-electron chi connectivity index (χ0n) is 32.2. The molecule has 1 unspecified atom stereocenters. The summed E-state index contributed by atoms with van der Waals surface area (Å²) in [5, 5.41) is 9.44. The molecule has 0 saturated heterocycles. The van der Waals surface area contributed by atoms with Crippen LogP contribution < -0.4 is 0 Å². The van der Waals surface area contributed by atoms with Crippen molar-refractivity contribution < 1.29 is 0 Å². The molecule has 9 aromatic rings. The minimum Gasteiger partial charge on any atom is -0.238 e. The van der Waals surface area contributed by atoms with E-state index >= 15 is 0 Å². The zero-order valence-corrected chi connectivity index (χ0v) is 32.2. The Morgan fingerprint density at radius 2 is 0.750 bits per heavy atom. The molecule has 0 aliphatic heterocycles. The molecule has 0 spiro atoms. The summed E-state index contributed by atoms with van der Waals surface area (Å²) in [4.78, 5) is 24.2. The Kier molecular flexibility index (Phi) is 8.29. The topological polar surface area (TPSA) is 79.7 Å². The first-order valence-corrected chi connectivity index (χ1v) is 19.9. The van der Waals surface area contributed by atoms with Crippen molar-refractivity contribution in [2.75, 3.05) is 0 Å². The van der Waals surface area contributed by atoms with Crippen LogP contribution >= 0.6 is 0 Å². The third-order valence-electron chi connectivity index (χ3n) is 11.7. The highest BCUT2D eigenvalue weighted by Gasteiger charge is 2.41. The minimum absolute atomic E-state index is 0.0219. The zero-order chi connectivity index (χ0) is 40.2. The van der Waals surface area contributed by atoms with Gasteiger partial charge in [-0.2, -0.15) is 5.26 Å². The highest BCUT2D eigenvalue weighted by molar-refractivity contribution is 5.78. The molecule has 2 atom stereocenters. The van der Waals surface area contributed by atoms with E-state index in [4.69, 9.17) is 26.5 Å². The smallest absolute Gasteiger partial charge is 0.187 e. The lowest BCUT2D eigenvalue weighted by atomic mass is 9.61. The maximum Gasteiger partial charge on any atom is 0.187 e. The average Bonchev–Trinajstić information content (AvgIpc) is 3.33. The lowest BCUT2D eigenvalue weighted by Gasteiger charge is -2.42. The maximum atomic E-state index is 9.44. The molecule has 2 bridgehead atoms. The van der Waals surface area contributed by atoms with Crippen LogP contribution in [0.2, 0.25) is 0 Å². The van der Waals surface area contributed by atoms with Gasteiger partial charge in [0.25, 0.3) is 0 Å². The van der Waals surface area contributed by atoms with Crippen LogP contribution in [-0.4, -0.2) is 19.9 Å². The largest absolute Gasteiger partial charge is 0.238 e. The van der Waals surface area contributed by atoms with E-state index in [1.807, 2.05) is 97.1 Å². The highest BCUT2D eigenvalue weighted by atomic mass is 14.9. The van der Waals surface area contributed by atoms with Crippen molar-refractivity contribution in [2.45, 2.75) is 11.8 Å². The summed E-state index contributed by atoms with van der Waals surface area (Å²) in [6, 6.07) is 64.1. The summed E-state index contributed by atoms with van der Waals surface area (Å²) < 4.78 is 0. The van der Waals surface area contributed by atoms with Crippen LogP contribution in [-0.2, 0) is 0 Å². The number of nitrogens with zero attached hydrogens (tertiary/aromatic N) is 6. The van der Waals surface area contributed by atoms with E-state index in [0.717, 1.165) is 56.2 Å². The molecule has 0 saturated carbocycles. The van der Waals surface area contributed by atoms with E-state index in [0.29, 0.717) is 22.9 Å². The van der Waals surface area contributed by atoms with Crippen molar-refractivity contribution in [2.24, 2.45) is 0 Å². The SMILES string of the molecule is [C-]#[N+]c1ccc(-c2cc(-c3ccccc3)nc(-c3ccc4c(c3)[C@@H]3c5ccccc5C4c4cc(-c5nc(-c6ccccc6)cc(-c6ccc(C#N)cc6)n5)ccc43)n2)cc1. The second kappa shape index (κ2) is 14.3. The van der Waals surface area contributed by atoms with Crippen LogP contribution in [0.25, 0.3) is 72.7 Å². The molecule has 3 aliphatic carbocycles. The van der Waals surface area contributed by atoms with Gasteiger partial charge >= 0.3 is 0 Å². The predicted octanol–water partition coefficient (Wildman–Crippen LogP) is 12.7. The van der Waals surface area contributed by atoms with Gasteiger partial charge in [-0.1, -0.05) is 146 Å². The van der Waals surface area contributed by atoms with Gasteiger partial charge in [-0.15, -0.1) is 0 Å². The molecule has 278 valence electrons. The van der Waals surface area contributed by atoms with E-state index in [-0.39, 0.29) is 11.8 Å². The quantitative estimate of drug-likeness (QED) is 0.158.